The molecule has 1 heterocycles. The summed E-state index contributed by atoms with van der Waals surface area (Å²) in [5.74, 6) is 0.679. The topological polar surface area (TPSA) is 75.6 Å². The van der Waals surface area contributed by atoms with Crippen molar-refractivity contribution >= 4 is 29.2 Å². The summed E-state index contributed by atoms with van der Waals surface area (Å²) in [7, 11) is 0. The third-order valence-corrected chi connectivity index (χ3v) is 4.17. The smallest absolute Gasteiger partial charge is 0.257 e. The highest BCUT2D eigenvalue weighted by atomic mass is 35.5. The summed E-state index contributed by atoms with van der Waals surface area (Å²) in [6.07, 6.45) is 3.43. The first-order chi connectivity index (χ1) is 14.2. The van der Waals surface area contributed by atoms with Gasteiger partial charge in [-0.05, 0) is 55.0 Å². The van der Waals surface area contributed by atoms with E-state index in [4.69, 9.17) is 16.3 Å². The van der Waals surface area contributed by atoms with Crippen LogP contribution in [0.5, 0.6) is 5.75 Å². The molecule has 0 fully saturated rings. The monoisotopic (exact) mass is 408 g/mol. The Labute approximate surface area is 174 Å². The van der Waals surface area contributed by atoms with Crippen LogP contribution in [0, 0.1) is 0 Å². The average Bonchev–Trinajstić information content (AvgIpc) is 2.75. The maximum Gasteiger partial charge on any atom is 0.257 e. The second-order valence-corrected chi connectivity index (χ2v) is 6.48. The minimum absolute atomic E-state index is 0.298. The van der Waals surface area contributed by atoms with Crippen molar-refractivity contribution in [2.45, 2.75) is 13.5 Å². The van der Waals surface area contributed by atoms with Gasteiger partial charge in [0, 0.05) is 23.0 Å². The van der Waals surface area contributed by atoms with Gasteiger partial charge in [-0.25, -0.2) is 4.99 Å². The minimum atomic E-state index is -0.298. The molecule has 29 heavy (non-hydrogen) atoms. The molecule has 3 rings (SSSR count). The van der Waals surface area contributed by atoms with E-state index in [0.717, 1.165) is 5.56 Å². The predicted molar refractivity (Wildman–Crippen MR) is 116 cm³/mol. The summed E-state index contributed by atoms with van der Waals surface area (Å²) in [4.78, 5) is 21.3. The number of rotatable bonds is 6. The Morgan fingerprint density at radius 2 is 1.90 bits per heavy atom. The number of hydrogen-bond donors (Lipinski definition) is 2. The maximum atomic E-state index is 12.7. The maximum absolute atomic E-state index is 12.7. The predicted octanol–water partition coefficient (Wildman–Crippen LogP) is 4.53. The van der Waals surface area contributed by atoms with E-state index in [1.807, 2.05) is 43.3 Å². The first-order valence-corrected chi connectivity index (χ1v) is 9.52. The highest BCUT2D eigenvalue weighted by Gasteiger charge is 2.11. The Hall–Kier alpha value is -3.38. The molecule has 0 aliphatic rings. The van der Waals surface area contributed by atoms with Crippen LogP contribution in [0.15, 0.2) is 78.0 Å². The van der Waals surface area contributed by atoms with Gasteiger partial charge in [-0.3, -0.25) is 15.1 Å². The molecule has 1 amide bonds. The number of nitrogens with zero attached hydrogens (tertiary/aromatic N) is 2. The molecule has 1 aromatic heterocycles. The van der Waals surface area contributed by atoms with Crippen LogP contribution in [-0.2, 0) is 6.54 Å². The van der Waals surface area contributed by atoms with Gasteiger partial charge in [-0.2, -0.15) is 0 Å². The molecule has 0 atom stereocenters. The highest BCUT2D eigenvalue weighted by molar-refractivity contribution is 6.30. The second-order valence-electron chi connectivity index (χ2n) is 6.04. The van der Waals surface area contributed by atoms with Crippen LogP contribution in [0.2, 0.25) is 5.02 Å². The molecular formula is C22H21ClN4O2. The molecular weight excluding hydrogens is 388 g/mol. The summed E-state index contributed by atoms with van der Waals surface area (Å²) in [5.41, 5.74) is 2.10. The Morgan fingerprint density at radius 3 is 2.62 bits per heavy atom. The van der Waals surface area contributed by atoms with Crippen molar-refractivity contribution in [2.75, 3.05) is 11.9 Å². The van der Waals surface area contributed by atoms with E-state index in [1.165, 1.54) is 0 Å². The fourth-order valence-corrected chi connectivity index (χ4v) is 2.66. The molecule has 0 unspecified atom stereocenters. The highest BCUT2D eigenvalue weighted by Crippen LogP contribution is 2.23. The van der Waals surface area contributed by atoms with Crippen LogP contribution < -0.4 is 15.4 Å². The number of aliphatic imine (C=N–C) groups is 1. The quantitative estimate of drug-likeness (QED) is 0.464. The fraction of sp³-hybridized carbons (Fsp3) is 0.136. The van der Waals surface area contributed by atoms with Crippen LogP contribution in [-0.4, -0.2) is 23.5 Å². The van der Waals surface area contributed by atoms with Gasteiger partial charge < -0.3 is 10.1 Å². The third-order valence-electron chi connectivity index (χ3n) is 3.92. The molecule has 0 aliphatic carbocycles. The number of ether oxygens (including phenoxy) is 1. The third kappa shape index (κ3) is 6.05. The van der Waals surface area contributed by atoms with Crippen LogP contribution in [0.4, 0.5) is 5.69 Å². The van der Waals surface area contributed by atoms with E-state index >= 15 is 0 Å². The molecule has 3 aromatic rings. The summed E-state index contributed by atoms with van der Waals surface area (Å²) in [6, 6.07) is 17.9. The van der Waals surface area contributed by atoms with Gasteiger partial charge in [0.2, 0.25) is 5.96 Å². The molecule has 7 heteroatoms. The van der Waals surface area contributed by atoms with Crippen LogP contribution in [0.3, 0.4) is 0 Å². The number of para-hydroxylation sites is 2. The first kappa shape index (κ1) is 20.4. The Bertz CT molecular complexity index is 976. The molecule has 0 saturated heterocycles. The lowest BCUT2D eigenvalue weighted by Gasteiger charge is -2.15. The molecule has 148 valence electrons. The fourth-order valence-electron chi connectivity index (χ4n) is 2.53. The van der Waals surface area contributed by atoms with Gasteiger partial charge in [0.25, 0.3) is 5.91 Å². The molecule has 0 saturated carbocycles. The van der Waals surface area contributed by atoms with Crippen molar-refractivity contribution in [1.29, 1.82) is 0 Å². The Kier molecular flexibility index (Phi) is 7.19. The van der Waals surface area contributed by atoms with Crippen molar-refractivity contribution in [3.63, 3.8) is 0 Å². The number of hydrogen-bond acceptors (Lipinski definition) is 4. The van der Waals surface area contributed by atoms with E-state index in [2.05, 4.69) is 20.6 Å². The summed E-state index contributed by atoms with van der Waals surface area (Å²) in [6.45, 7) is 2.79. The first-order valence-electron chi connectivity index (χ1n) is 9.15. The number of benzene rings is 2. The molecule has 0 spiro atoms. The van der Waals surface area contributed by atoms with Crippen molar-refractivity contribution in [3.05, 3.63) is 89.2 Å². The Balaban J connectivity index is 1.83. The number of aromatic nitrogens is 1. The Morgan fingerprint density at radius 1 is 1.10 bits per heavy atom. The largest absolute Gasteiger partial charge is 0.492 e. The number of carbonyl (C=O) groups is 1. The molecule has 0 aliphatic heterocycles. The van der Waals surface area contributed by atoms with Crippen molar-refractivity contribution in [2.24, 2.45) is 4.99 Å². The van der Waals surface area contributed by atoms with Gasteiger partial charge >= 0.3 is 0 Å². The SMILES string of the molecule is CCOc1ccccc1NC(=NCc1cccnc1)NC(=O)c1ccc(Cl)cc1. The number of carbonyl (C=O) groups excluding carboxylic acids is 1. The van der Waals surface area contributed by atoms with Crippen molar-refractivity contribution in [3.8, 4) is 5.75 Å². The number of guanidine groups is 1. The number of pyridine rings is 1. The van der Waals surface area contributed by atoms with Crippen LogP contribution in [0.1, 0.15) is 22.8 Å². The lowest BCUT2D eigenvalue weighted by atomic mass is 10.2. The molecule has 0 bridgehead atoms. The molecule has 2 aromatic carbocycles. The zero-order valence-corrected chi connectivity index (χ0v) is 16.7. The minimum Gasteiger partial charge on any atom is -0.492 e. The van der Waals surface area contributed by atoms with Gasteiger partial charge in [-0.1, -0.05) is 29.8 Å². The second kappa shape index (κ2) is 10.2. The van der Waals surface area contributed by atoms with E-state index in [1.54, 1.807) is 36.7 Å². The lowest BCUT2D eigenvalue weighted by molar-refractivity contribution is 0.0977. The van der Waals surface area contributed by atoms with Crippen LogP contribution in [0.25, 0.3) is 0 Å². The number of anilines is 1. The summed E-state index contributed by atoms with van der Waals surface area (Å²) in [5, 5.41) is 6.55. The zero-order valence-electron chi connectivity index (χ0n) is 15.9. The number of nitrogens with one attached hydrogen (secondary N) is 2. The molecule has 0 radical (unpaired) electrons. The standard InChI is InChI=1S/C22H21ClN4O2/c1-2-29-20-8-4-3-7-19(20)26-22(25-15-16-6-5-13-24-14-16)27-21(28)17-9-11-18(23)12-10-17/h3-14H,2,15H2,1H3,(H2,25,26,27,28). The number of amides is 1. The lowest BCUT2D eigenvalue weighted by Crippen LogP contribution is -2.36. The average molecular weight is 409 g/mol. The summed E-state index contributed by atoms with van der Waals surface area (Å²) >= 11 is 5.91. The van der Waals surface area contributed by atoms with Crippen molar-refractivity contribution < 1.29 is 9.53 Å². The molecule has 6 nitrogen and oxygen atoms in total. The van der Waals surface area contributed by atoms with E-state index in [-0.39, 0.29) is 5.91 Å². The van der Waals surface area contributed by atoms with Crippen LogP contribution >= 0.6 is 11.6 Å². The van der Waals surface area contributed by atoms with E-state index < -0.39 is 0 Å². The van der Waals surface area contributed by atoms with Gasteiger partial charge in [0.1, 0.15) is 5.75 Å². The molecule has 2 N–H and O–H groups in total. The normalized spacial score (nSPS) is 11.0. The zero-order chi connectivity index (χ0) is 20.5. The van der Waals surface area contributed by atoms with Gasteiger partial charge in [0.05, 0.1) is 18.8 Å². The van der Waals surface area contributed by atoms with Gasteiger partial charge in [-0.15, -0.1) is 0 Å². The number of halogens is 1. The van der Waals surface area contributed by atoms with Crippen molar-refractivity contribution in [1.82, 2.24) is 10.3 Å². The van der Waals surface area contributed by atoms with Gasteiger partial charge in [0.15, 0.2) is 0 Å². The summed E-state index contributed by atoms with van der Waals surface area (Å²) < 4.78 is 5.65. The van der Waals surface area contributed by atoms with E-state index in [9.17, 15) is 4.79 Å². The van der Waals surface area contributed by atoms with E-state index in [0.29, 0.717) is 41.1 Å².